The van der Waals surface area contributed by atoms with Crippen LogP contribution in [0.4, 0.5) is 0 Å². The van der Waals surface area contributed by atoms with Crippen molar-refractivity contribution in [3.8, 4) is 5.75 Å². The second kappa shape index (κ2) is 4.81. The number of hydrogen-bond donors (Lipinski definition) is 0. The van der Waals surface area contributed by atoms with E-state index in [0.29, 0.717) is 6.54 Å². The molecule has 0 aliphatic rings. The van der Waals surface area contributed by atoms with E-state index in [9.17, 15) is 8.42 Å². The van der Waals surface area contributed by atoms with Crippen molar-refractivity contribution in [2.75, 3.05) is 13.4 Å². The second-order valence-corrected chi connectivity index (χ2v) is 5.83. The summed E-state index contributed by atoms with van der Waals surface area (Å²) < 4.78 is 29.9. The van der Waals surface area contributed by atoms with Crippen LogP contribution in [0.5, 0.6) is 5.75 Å². The number of rotatable bonds is 4. The molecule has 1 aromatic heterocycles. The molecule has 0 saturated heterocycles. The van der Waals surface area contributed by atoms with Crippen LogP contribution < -0.4 is 4.74 Å². The molecule has 0 aliphatic carbocycles. The lowest BCUT2D eigenvalue weighted by atomic mass is 10.2. The number of benzene rings is 1. The first-order chi connectivity index (χ1) is 8.52. The summed E-state index contributed by atoms with van der Waals surface area (Å²) in [7, 11) is -1.73. The molecule has 2 aromatic rings. The first-order valence-corrected chi connectivity index (χ1v) is 7.24. The molecular formula is C12H14N2O3S. The van der Waals surface area contributed by atoms with Crippen LogP contribution in [-0.2, 0) is 16.4 Å². The van der Waals surface area contributed by atoms with Crippen molar-refractivity contribution < 1.29 is 13.2 Å². The smallest absolute Gasteiger partial charge is 0.227 e. The molecule has 2 rings (SSSR count). The minimum absolute atomic E-state index is 0.0633. The zero-order valence-electron chi connectivity index (χ0n) is 10.2. The fourth-order valence-corrected chi connectivity index (χ4v) is 2.57. The molecule has 5 nitrogen and oxygen atoms in total. The van der Waals surface area contributed by atoms with Crippen LogP contribution >= 0.6 is 0 Å². The highest BCUT2D eigenvalue weighted by atomic mass is 32.2. The van der Waals surface area contributed by atoms with Crippen molar-refractivity contribution in [2.24, 2.45) is 0 Å². The van der Waals surface area contributed by atoms with Gasteiger partial charge in [0.1, 0.15) is 5.75 Å². The summed E-state index contributed by atoms with van der Waals surface area (Å²) in [5, 5.41) is 0.0633. The topological polar surface area (TPSA) is 61.2 Å². The summed E-state index contributed by atoms with van der Waals surface area (Å²) in [6.45, 7) is 0.409. The van der Waals surface area contributed by atoms with Crippen molar-refractivity contribution in [1.29, 1.82) is 0 Å². The Morgan fingerprint density at radius 3 is 2.72 bits per heavy atom. The highest BCUT2D eigenvalue weighted by Crippen LogP contribution is 2.19. The zero-order valence-corrected chi connectivity index (χ0v) is 11.0. The quantitative estimate of drug-likeness (QED) is 0.838. The van der Waals surface area contributed by atoms with Crippen molar-refractivity contribution in [3.05, 3.63) is 42.2 Å². The predicted octanol–water partition coefficient (Wildman–Crippen LogP) is 1.34. The number of hydrogen-bond acceptors (Lipinski definition) is 4. The average Bonchev–Trinajstić information content (AvgIpc) is 2.78. The second-order valence-electron chi connectivity index (χ2n) is 3.92. The molecule has 0 bridgehead atoms. The van der Waals surface area contributed by atoms with Gasteiger partial charge < -0.3 is 9.30 Å². The summed E-state index contributed by atoms with van der Waals surface area (Å²) >= 11 is 0. The van der Waals surface area contributed by atoms with E-state index in [1.807, 2.05) is 24.3 Å². The summed E-state index contributed by atoms with van der Waals surface area (Å²) in [5.41, 5.74) is 0.905. The van der Waals surface area contributed by atoms with Crippen LogP contribution in [0.25, 0.3) is 0 Å². The van der Waals surface area contributed by atoms with Gasteiger partial charge in [-0.25, -0.2) is 13.4 Å². The highest BCUT2D eigenvalue weighted by Gasteiger charge is 2.15. The first-order valence-electron chi connectivity index (χ1n) is 5.35. The third kappa shape index (κ3) is 2.53. The summed E-state index contributed by atoms with van der Waals surface area (Å²) in [5.74, 6) is 0.727. The van der Waals surface area contributed by atoms with Crippen LogP contribution in [0.2, 0.25) is 0 Å². The minimum atomic E-state index is -3.32. The zero-order chi connectivity index (χ0) is 13.2. The van der Waals surface area contributed by atoms with Crippen molar-refractivity contribution in [1.82, 2.24) is 9.55 Å². The number of ether oxygens (including phenoxy) is 1. The number of imidazole rings is 1. The maximum atomic E-state index is 11.5. The molecule has 0 saturated carbocycles. The maximum absolute atomic E-state index is 11.5. The van der Waals surface area contributed by atoms with E-state index in [2.05, 4.69) is 4.98 Å². The van der Waals surface area contributed by atoms with Crippen molar-refractivity contribution in [3.63, 3.8) is 0 Å². The standard InChI is InChI=1S/C12H14N2O3S/c1-17-11-6-4-3-5-10(11)9-14-8-7-13-12(14)18(2,15)16/h3-8H,9H2,1-2H3. The van der Waals surface area contributed by atoms with Crippen LogP contribution in [0.15, 0.2) is 41.8 Å². The predicted molar refractivity (Wildman–Crippen MR) is 67.4 cm³/mol. The number of sulfone groups is 1. The van der Waals surface area contributed by atoms with E-state index < -0.39 is 9.84 Å². The third-order valence-corrected chi connectivity index (χ3v) is 3.55. The van der Waals surface area contributed by atoms with Gasteiger partial charge in [0.15, 0.2) is 0 Å². The summed E-state index contributed by atoms with van der Waals surface area (Å²) in [6, 6.07) is 7.49. The molecule has 0 aliphatic heterocycles. The lowest BCUT2D eigenvalue weighted by molar-refractivity contribution is 0.407. The fraction of sp³-hybridized carbons (Fsp3) is 0.250. The van der Waals surface area contributed by atoms with E-state index in [0.717, 1.165) is 17.6 Å². The number of nitrogens with zero attached hydrogens (tertiary/aromatic N) is 2. The molecule has 18 heavy (non-hydrogen) atoms. The monoisotopic (exact) mass is 266 g/mol. The maximum Gasteiger partial charge on any atom is 0.227 e. The van der Waals surface area contributed by atoms with Crippen molar-refractivity contribution in [2.45, 2.75) is 11.7 Å². The van der Waals surface area contributed by atoms with E-state index in [-0.39, 0.29) is 5.16 Å². The van der Waals surface area contributed by atoms with Gasteiger partial charge in [0.25, 0.3) is 0 Å². The van der Waals surface area contributed by atoms with Gasteiger partial charge in [-0.3, -0.25) is 0 Å². The molecule has 0 spiro atoms. The summed E-state index contributed by atoms with van der Waals surface area (Å²) in [6.07, 6.45) is 4.27. The van der Waals surface area contributed by atoms with Crippen LogP contribution in [0.1, 0.15) is 5.56 Å². The normalized spacial score (nSPS) is 11.4. The molecule has 0 fully saturated rings. The number of methoxy groups -OCH3 is 1. The van der Waals surface area contributed by atoms with Gasteiger partial charge >= 0.3 is 0 Å². The van der Waals surface area contributed by atoms with Gasteiger partial charge in [0.2, 0.25) is 15.0 Å². The molecular weight excluding hydrogens is 252 g/mol. The molecule has 0 atom stereocenters. The van der Waals surface area contributed by atoms with Gasteiger partial charge in [-0.2, -0.15) is 0 Å². The Kier molecular flexibility index (Phi) is 3.38. The lowest BCUT2D eigenvalue weighted by Crippen LogP contribution is -2.10. The first kappa shape index (κ1) is 12.6. The van der Waals surface area contributed by atoms with Gasteiger partial charge in [0, 0.05) is 24.2 Å². The Labute approximate surface area is 106 Å². The van der Waals surface area contributed by atoms with Crippen LogP contribution in [-0.4, -0.2) is 31.3 Å². The van der Waals surface area contributed by atoms with Gasteiger partial charge in [0.05, 0.1) is 13.7 Å². The molecule has 0 unspecified atom stereocenters. The highest BCUT2D eigenvalue weighted by molar-refractivity contribution is 7.90. The van der Waals surface area contributed by atoms with E-state index in [4.69, 9.17) is 4.74 Å². The molecule has 6 heteroatoms. The molecule has 0 N–H and O–H groups in total. The molecule has 0 radical (unpaired) electrons. The van der Waals surface area contributed by atoms with Gasteiger partial charge in [-0.05, 0) is 6.07 Å². The average molecular weight is 266 g/mol. The Morgan fingerprint density at radius 2 is 2.06 bits per heavy atom. The van der Waals surface area contributed by atoms with E-state index >= 15 is 0 Å². The van der Waals surface area contributed by atoms with Crippen LogP contribution in [0, 0.1) is 0 Å². The molecule has 1 aromatic carbocycles. The molecule has 0 amide bonds. The minimum Gasteiger partial charge on any atom is -0.496 e. The van der Waals surface area contributed by atoms with Gasteiger partial charge in [-0.1, -0.05) is 18.2 Å². The van der Waals surface area contributed by atoms with Gasteiger partial charge in [-0.15, -0.1) is 0 Å². The molecule has 1 heterocycles. The van der Waals surface area contributed by atoms with Crippen molar-refractivity contribution >= 4 is 9.84 Å². The van der Waals surface area contributed by atoms with Crippen LogP contribution in [0.3, 0.4) is 0 Å². The molecule has 96 valence electrons. The Balaban J connectivity index is 2.38. The summed E-state index contributed by atoms with van der Waals surface area (Å²) in [4.78, 5) is 3.87. The SMILES string of the molecule is COc1ccccc1Cn1ccnc1S(C)(=O)=O. The Bertz CT molecular complexity index is 647. The third-order valence-electron chi connectivity index (χ3n) is 2.54. The largest absolute Gasteiger partial charge is 0.496 e. The van der Waals surface area contributed by atoms with E-state index in [1.165, 1.54) is 6.20 Å². The van der Waals surface area contributed by atoms with E-state index in [1.54, 1.807) is 17.9 Å². The number of para-hydroxylation sites is 1. The lowest BCUT2D eigenvalue weighted by Gasteiger charge is -2.10. The Hall–Kier alpha value is -1.82. The Morgan fingerprint density at radius 1 is 1.33 bits per heavy atom. The fourth-order valence-electron chi connectivity index (χ4n) is 1.76. The number of aromatic nitrogens is 2.